The van der Waals surface area contributed by atoms with Gasteiger partial charge in [-0.25, -0.2) is 4.79 Å². The first-order chi connectivity index (χ1) is 7.65. The van der Waals surface area contributed by atoms with Crippen LogP contribution >= 0.6 is 15.9 Å². The van der Waals surface area contributed by atoms with Gasteiger partial charge in [0.2, 0.25) is 0 Å². The van der Waals surface area contributed by atoms with E-state index >= 15 is 0 Å². The van der Waals surface area contributed by atoms with Crippen molar-refractivity contribution >= 4 is 21.9 Å². The zero-order valence-corrected chi connectivity index (χ0v) is 10.5. The number of rotatable bonds is 2. The second-order valence-corrected chi connectivity index (χ2v) is 5.02. The van der Waals surface area contributed by atoms with Gasteiger partial charge in [-0.2, -0.15) is 0 Å². The summed E-state index contributed by atoms with van der Waals surface area (Å²) in [7, 11) is 0. The number of aliphatic carboxylic acids is 1. The monoisotopic (exact) mass is 283 g/mol. The molecular formula is C12H14BrNO2. The van der Waals surface area contributed by atoms with Crippen LogP contribution in [-0.4, -0.2) is 17.6 Å². The van der Waals surface area contributed by atoms with Crippen LogP contribution in [0.1, 0.15) is 24.8 Å². The minimum atomic E-state index is -0.890. The van der Waals surface area contributed by atoms with Crippen LogP contribution in [-0.2, 0) is 10.3 Å². The Morgan fingerprint density at radius 3 is 2.50 bits per heavy atom. The second kappa shape index (κ2) is 4.55. The van der Waals surface area contributed by atoms with Crippen molar-refractivity contribution in [1.29, 1.82) is 0 Å². The zero-order valence-electron chi connectivity index (χ0n) is 8.87. The fourth-order valence-electron chi connectivity index (χ4n) is 2.19. The van der Waals surface area contributed by atoms with Crippen molar-refractivity contribution in [1.82, 2.24) is 5.32 Å². The molecule has 4 heteroatoms. The molecule has 0 aromatic heterocycles. The van der Waals surface area contributed by atoms with Gasteiger partial charge in [0.1, 0.15) is 5.54 Å². The maximum atomic E-state index is 11.5. The standard InChI is InChI=1S/C12H14BrNO2/c13-10-5-3-9(4-6-10)12(11(15)16)7-1-2-8-14-12/h3-6,14H,1-2,7-8H2,(H,15,16). The van der Waals surface area contributed by atoms with Gasteiger partial charge in [0, 0.05) is 4.47 Å². The van der Waals surface area contributed by atoms with Crippen molar-refractivity contribution in [3.8, 4) is 0 Å². The van der Waals surface area contributed by atoms with Gasteiger partial charge in [-0.05, 0) is 43.5 Å². The van der Waals surface area contributed by atoms with E-state index in [0.29, 0.717) is 6.42 Å². The highest BCUT2D eigenvalue weighted by atomic mass is 79.9. The normalized spacial score (nSPS) is 25.3. The number of carboxylic acids is 1. The van der Waals surface area contributed by atoms with Crippen molar-refractivity contribution in [3.05, 3.63) is 34.3 Å². The van der Waals surface area contributed by atoms with E-state index in [2.05, 4.69) is 21.2 Å². The second-order valence-electron chi connectivity index (χ2n) is 4.10. The van der Waals surface area contributed by atoms with Crippen LogP contribution in [0.25, 0.3) is 0 Å². The Morgan fingerprint density at radius 2 is 2.00 bits per heavy atom. The Labute approximate surface area is 103 Å². The quantitative estimate of drug-likeness (QED) is 0.877. The number of piperidine rings is 1. The topological polar surface area (TPSA) is 49.3 Å². The molecular weight excluding hydrogens is 270 g/mol. The molecule has 0 radical (unpaired) electrons. The first kappa shape index (κ1) is 11.6. The van der Waals surface area contributed by atoms with E-state index in [1.807, 2.05) is 24.3 Å². The summed E-state index contributed by atoms with van der Waals surface area (Å²) < 4.78 is 0.965. The van der Waals surface area contributed by atoms with E-state index in [0.717, 1.165) is 29.4 Å². The first-order valence-electron chi connectivity index (χ1n) is 5.40. The largest absolute Gasteiger partial charge is 0.480 e. The predicted molar refractivity (Wildman–Crippen MR) is 65.3 cm³/mol. The molecule has 3 nitrogen and oxygen atoms in total. The molecule has 16 heavy (non-hydrogen) atoms. The van der Waals surface area contributed by atoms with Crippen molar-refractivity contribution in [2.24, 2.45) is 0 Å². The summed E-state index contributed by atoms with van der Waals surface area (Å²) >= 11 is 3.36. The van der Waals surface area contributed by atoms with Gasteiger partial charge in [0.25, 0.3) is 0 Å². The average molecular weight is 284 g/mol. The summed E-state index contributed by atoms with van der Waals surface area (Å²) in [6.45, 7) is 0.766. The Bertz CT molecular complexity index is 383. The van der Waals surface area contributed by atoms with Crippen LogP contribution in [0.4, 0.5) is 0 Å². The van der Waals surface area contributed by atoms with Crippen molar-refractivity contribution in [2.45, 2.75) is 24.8 Å². The summed E-state index contributed by atoms with van der Waals surface area (Å²) in [5.41, 5.74) is -0.0539. The maximum Gasteiger partial charge on any atom is 0.328 e. The SMILES string of the molecule is O=C(O)C1(c2ccc(Br)cc2)CCCCN1. The number of carbonyl (C=O) groups is 1. The molecule has 1 heterocycles. The molecule has 0 aliphatic carbocycles. The third kappa shape index (κ3) is 1.99. The van der Waals surface area contributed by atoms with Crippen LogP contribution in [0.15, 0.2) is 28.7 Å². The highest BCUT2D eigenvalue weighted by molar-refractivity contribution is 9.10. The lowest BCUT2D eigenvalue weighted by Crippen LogP contribution is -2.51. The number of hydrogen-bond donors (Lipinski definition) is 2. The molecule has 1 aliphatic heterocycles. The van der Waals surface area contributed by atoms with Gasteiger partial charge in [0.05, 0.1) is 0 Å². The molecule has 0 amide bonds. The highest BCUT2D eigenvalue weighted by Gasteiger charge is 2.40. The molecule has 2 rings (SSSR count). The van der Waals surface area contributed by atoms with E-state index in [9.17, 15) is 9.90 Å². The van der Waals surface area contributed by atoms with E-state index in [4.69, 9.17) is 0 Å². The number of benzene rings is 1. The van der Waals surface area contributed by atoms with E-state index in [1.54, 1.807) is 0 Å². The molecule has 1 aromatic rings. The third-order valence-electron chi connectivity index (χ3n) is 3.11. The van der Waals surface area contributed by atoms with E-state index in [-0.39, 0.29) is 0 Å². The first-order valence-corrected chi connectivity index (χ1v) is 6.19. The van der Waals surface area contributed by atoms with Crippen LogP contribution in [0.2, 0.25) is 0 Å². The summed E-state index contributed by atoms with van der Waals surface area (Å²) in [5.74, 6) is -0.783. The van der Waals surface area contributed by atoms with Crippen LogP contribution in [0.3, 0.4) is 0 Å². The van der Waals surface area contributed by atoms with Gasteiger partial charge in [-0.1, -0.05) is 28.1 Å². The fraction of sp³-hybridized carbons (Fsp3) is 0.417. The van der Waals surface area contributed by atoms with Gasteiger partial charge in [0.15, 0.2) is 0 Å². The van der Waals surface area contributed by atoms with Gasteiger partial charge < -0.3 is 5.11 Å². The highest BCUT2D eigenvalue weighted by Crippen LogP contribution is 2.31. The summed E-state index contributed by atoms with van der Waals surface area (Å²) in [4.78, 5) is 11.5. The maximum absolute atomic E-state index is 11.5. The van der Waals surface area contributed by atoms with E-state index in [1.165, 1.54) is 0 Å². The minimum absolute atomic E-state index is 0.657. The van der Waals surface area contributed by atoms with Crippen molar-refractivity contribution in [3.63, 3.8) is 0 Å². The molecule has 0 saturated carbocycles. The Kier molecular flexibility index (Phi) is 3.30. The molecule has 1 unspecified atom stereocenters. The molecule has 1 aromatic carbocycles. The van der Waals surface area contributed by atoms with Crippen molar-refractivity contribution in [2.75, 3.05) is 6.54 Å². The number of halogens is 1. The number of hydrogen-bond acceptors (Lipinski definition) is 2. The third-order valence-corrected chi connectivity index (χ3v) is 3.64. The van der Waals surface area contributed by atoms with Crippen LogP contribution in [0.5, 0.6) is 0 Å². The van der Waals surface area contributed by atoms with Gasteiger partial charge in [-0.15, -0.1) is 0 Å². The van der Waals surface area contributed by atoms with Crippen LogP contribution < -0.4 is 5.32 Å². The number of nitrogens with one attached hydrogen (secondary N) is 1. The molecule has 86 valence electrons. The van der Waals surface area contributed by atoms with Crippen molar-refractivity contribution < 1.29 is 9.90 Å². The minimum Gasteiger partial charge on any atom is -0.480 e. The Hall–Kier alpha value is -0.870. The Morgan fingerprint density at radius 1 is 1.31 bits per heavy atom. The molecule has 1 saturated heterocycles. The lowest BCUT2D eigenvalue weighted by atomic mass is 9.82. The lowest BCUT2D eigenvalue weighted by molar-refractivity contribution is -0.146. The summed E-state index contributed by atoms with van der Waals surface area (Å²) in [5, 5.41) is 12.6. The van der Waals surface area contributed by atoms with E-state index < -0.39 is 11.5 Å². The zero-order chi connectivity index (χ0) is 11.6. The van der Waals surface area contributed by atoms with Gasteiger partial charge in [-0.3, -0.25) is 5.32 Å². The molecule has 0 bridgehead atoms. The summed E-state index contributed by atoms with van der Waals surface area (Å²) in [6, 6.07) is 7.51. The smallest absolute Gasteiger partial charge is 0.328 e. The summed E-state index contributed by atoms with van der Waals surface area (Å²) in [6.07, 6.45) is 2.66. The van der Waals surface area contributed by atoms with Gasteiger partial charge >= 0.3 is 5.97 Å². The number of carboxylic acid groups (broad SMARTS) is 1. The average Bonchev–Trinajstić information content (AvgIpc) is 2.30. The molecule has 1 fully saturated rings. The van der Waals surface area contributed by atoms with Crippen LogP contribution in [0, 0.1) is 0 Å². The fourth-order valence-corrected chi connectivity index (χ4v) is 2.46. The Balaban J connectivity index is 2.38. The predicted octanol–water partition coefficient (Wildman–Crippen LogP) is 2.50. The lowest BCUT2D eigenvalue weighted by Gasteiger charge is -2.34. The molecule has 0 spiro atoms. The molecule has 1 atom stereocenters. The molecule has 2 N–H and O–H groups in total. The molecule has 1 aliphatic rings.